The molecule has 0 unspecified atom stereocenters. The molecule has 0 atom stereocenters. The highest BCUT2D eigenvalue weighted by Gasteiger charge is 2.16. The lowest BCUT2D eigenvalue weighted by molar-refractivity contribution is 0.101. The summed E-state index contributed by atoms with van der Waals surface area (Å²) in [5.41, 5.74) is 1.26. The van der Waals surface area contributed by atoms with Gasteiger partial charge in [-0.05, 0) is 31.2 Å². The molecule has 6 nitrogen and oxygen atoms in total. The predicted molar refractivity (Wildman–Crippen MR) is 99.0 cm³/mol. The van der Waals surface area contributed by atoms with E-state index in [2.05, 4.69) is 10.2 Å². The van der Waals surface area contributed by atoms with Crippen LogP contribution in [0.1, 0.15) is 17.3 Å². The normalized spacial score (nSPS) is 10.5. The summed E-state index contributed by atoms with van der Waals surface area (Å²) in [5.74, 6) is 1.70. The van der Waals surface area contributed by atoms with Gasteiger partial charge < -0.3 is 13.9 Å². The van der Waals surface area contributed by atoms with Gasteiger partial charge >= 0.3 is 0 Å². The smallest absolute Gasteiger partial charge is 0.277 e. The van der Waals surface area contributed by atoms with Crippen LogP contribution in [0.25, 0.3) is 11.5 Å². The third-order valence-corrected chi connectivity index (χ3v) is 4.38. The number of carbonyl (C=O) groups is 1. The minimum Gasteiger partial charge on any atom is -0.496 e. The quantitative estimate of drug-likeness (QED) is 0.436. The number of hydrogen-bond acceptors (Lipinski definition) is 7. The van der Waals surface area contributed by atoms with E-state index in [4.69, 9.17) is 13.9 Å². The van der Waals surface area contributed by atoms with Gasteiger partial charge in [0.15, 0.2) is 5.78 Å². The van der Waals surface area contributed by atoms with Crippen LogP contribution in [0.15, 0.2) is 58.2 Å². The molecular weight excluding hydrogens is 352 g/mol. The number of hydrogen-bond donors (Lipinski definition) is 0. The molecule has 0 bridgehead atoms. The Morgan fingerprint density at radius 2 is 1.81 bits per heavy atom. The monoisotopic (exact) mass is 370 g/mol. The molecule has 134 valence electrons. The van der Waals surface area contributed by atoms with E-state index in [0.717, 1.165) is 5.56 Å². The van der Waals surface area contributed by atoms with Gasteiger partial charge in [0.2, 0.25) is 0 Å². The average Bonchev–Trinajstić information content (AvgIpc) is 3.15. The molecule has 0 aliphatic heterocycles. The van der Waals surface area contributed by atoms with Crippen LogP contribution >= 0.6 is 11.8 Å². The summed E-state index contributed by atoms with van der Waals surface area (Å²) in [5, 5.41) is 8.40. The maximum atomic E-state index is 12.4. The van der Waals surface area contributed by atoms with Gasteiger partial charge in [0.25, 0.3) is 11.1 Å². The first-order valence-corrected chi connectivity index (χ1v) is 9.06. The fourth-order valence-electron chi connectivity index (χ4n) is 2.38. The van der Waals surface area contributed by atoms with Crippen molar-refractivity contribution in [1.82, 2.24) is 10.2 Å². The van der Waals surface area contributed by atoms with E-state index in [1.807, 2.05) is 37.3 Å². The van der Waals surface area contributed by atoms with Gasteiger partial charge in [-0.15, -0.1) is 10.2 Å². The first-order chi connectivity index (χ1) is 12.7. The van der Waals surface area contributed by atoms with Gasteiger partial charge in [-0.1, -0.05) is 36.0 Å². The van der Waals surface area contributed by atoms with E-state index < -0.39 is 0 Å². The van der Waals surface area contributed by atoms with Crippen LogP contribution in [0.2, 0.25) is 0 Å². The highest BCUT2D eigenvalue weighted by molar-refractivity contribution is 7.99. The van der Waals surface area contributed by atoms with Crippen molar-refractivity contribution in [2.75, 3.05) is 19.5 Å². The number of carbonyl (C=O) groups excluding carboxylic acids is 1. The first kappa shape index (κ1) is 18.0. The van der Waals surface area contributed by atoms with E-state index in [1.165, 1.54) is 11.8 Å². The number of ether oxygens (including phenoxy) is 2. The Bertz CT molecular complexity index is 895. The number of rotatable bonds is 8. The average molecular weight is 370 g/mol. The zero-order chi connectivity index (χ0) is 18.4. The number of aromatic nitrogens is 2. The molecule has 26 heavy (non-hydrogen) atoms. The van der Waals surface area contributed by atoms with Gasteiger partial charge in [-0.2, -0.15) is 0 Å². The van der Waals surface area contributed by atoms with Crippen LogP contribution in [-0.2, 0) is 0 Å². The third kappa shape index (κ3) is 4.05. The number of nitrogens with zero attached hydrogens (tertiary/aromatic N) is 2. The van der Waals surface area contributed by atoms with Gasteiger partial charge in [0.1, 0.15) is 11.5 Å². The number of Topliss-reactive ketones (excluding diaryl/α,β-unsaturated/α-hetero) is 1. The Kier molecular flexibility index (Phi) is 5.91. The lowest BCUT2D eigenvalue weighted by Crippen LogP contribution is -2.04. The number of para-hydroxylation sites is 2. The predicted octanol–water partition coefficient (Wildman–Crippen LogP) is 4.12. The maximum absolute atomic E-state index is 12.4. The van der Waals surface area contributed by atoms with Crippen molar-refractivity contribution in [3.8, 4) is 23.0 Å². The molecule has 0 amide bonds. The first-order valence-electron chi connectivity index (χ1n) is 8.07. The van der Waals surface area contributed by atoms with Crippen molar-refractivity contribution in [2.45, 2.75) is 12.1 Å². The standard InChI is InChI=1S/C19H18N2O4S/c1-3-24-17-11-7-5-9-14(17)18-20-21-19(25-18)26-12-15(22)13-8-4-6-10-16(13)23-2/h4-11H,3,12H2,1-2H3. The second kappa shape index (κ2) is 8.53. The SMILES string of the molecule is CCOc1ccccc1-c1nnc(SCC(=O)c2ccccc2OC)o1. The Balaban J connectivity index is 1.70. The fourth-order valence-corrected chi connectivity index (χ4v) is 3.03. The Hall–Kier alpha value is -2.80. The van der Waals surface area contributed by atoms with Crippen molar-refractivity contribution in [3.63, 3.8) is 0 Å². The Labute approximate surface area is 155 Å². The summed E-state index contributed by atoms with van der Waals surface area (Å²) >= 11 is 1.19. The number of methoxy groups -OCH3 is 1. The molecule has 0 fully saturated rings. The van der Waals surface area contributed by atoms with Crippen LogP contribution in [-0.4, -0.2) is 35.5 Å². The van der Waals surface area contributed by atoms with Crippen molar-refractivity contribution >= 4 is 17.5 Å². The number of benzene rings is 2. The minimum absolute atomic E-state index is 0.0677. The zero-order valence-electron chi connectivity index (χ0n) is 14.5. The highest BCUT2D eigenvalue weighted by atomic mass is 32.2. The molecule has 7 heteroatoms. The van der Waals surface area contributed by atoms with Crippen molar-refractivity contribution in [1.29, 1.82) is 0 Å². The molecule has 0 aliphatic rings. The molecule has 3 aromatic rings. The summed E-state index contributed by atoms with van der Waals surface area (Å²) in [6.07, 6.45) is 0. The van der Waals surface area contributed by atoms with Crippen LogP contribution in [0, 0.1) is 0 Å². The summed E-state index contributed by atoms with van der Waals surface area (Å²) in [6.45, 7) is 2.45. The highest BCUT2D eigenvalue weighted by Crippen LogP contribution is 2.31. The second-order valence-electron chi connectivity index (χ2n) is 5.21. The molecule has 0 saturated heterocycles. The maximum Gasteiger partial charge on any atom is 0.277 e. The molecule has 0 aliphatic carbocycles. The summed E-state index contributed by atoms with van der Waals surface area (Å²) in [6, 6.07) is 14.6. The topological polar surface area (TPSA) is 74.5 Å². The zero-order valence-corrected chi connectivity index (χ0v) is 15.3. The molecule has 0 radical (unpaired) electrons. The van der Waals surface area contributed by atoms with Crippen LogP contribution in [0.3, 0.4) is 0 Å². The van der Waals surface area contributed by atoms with E-state index in [0.29, 0.717) is 34.8 Å². The van der Waals surface area contributed by atoms with Crippen LogP contribution in [0.5, 0.6) is 11.5 Å². The van der Waals surface area contributed by atoms with Gasteiger partial charge in [0.05, 0.1) is 30.6 Å². The molecule has 0 spiro atoms. The summed E-state index contributed by atoms with van der Waals surface area (Å²) < 4.78 is 16.5. The van der Waals surface area contributed by atoms with E-state index in [-0.39, 0.29) is 11.5 Å². The number of ketones is 1. The molecule has 1 heterocycles. The second-order valence-corrected chi connectivity index (χ2v) is 6.14. The van der Waals surface area contributed by atoms with Crippen molar-refractivity contribution in [2.24, 2.45) is 0 Å². The van der Waals surface area contributed by atoms with E-state index in [9.17, 15) is 4.79 Å². The third-order valence-electron chi connectivity index (χ3n) is 3.56. The molecule has 0 saturated carbocycles. The molecule has 3 rings (SSSR count). The van der Waals surface area contributed by atoms with Crippen LogP contribution < -0.4 is 9.47 Å². The van der Waals surface area contributed by atoms with Crippen molar-refractivity contribution < 1.29 is 18.7 Å². The molecule has 0 N–H and O–H groups in total. The number of thioether (sulfide) groups is 1. The molecule has 2 aromatic carbocycles. The summed E-state index contributed by atoms with van der Waals surface area (Å²) in [4.78, 5) is 12.4. The lowest BCUT2D eigenvalue weighted by Gasteiger charge is -2.06. The van der Waals surface area contributed by atoms with Crippen LogP contribution in [0.4, 0.5) is 0 Å². The summed E-state index contributed by atoms with van der Waals surface area (Å²) in [7, 11) is 1.54. The Morgan fingerprint density at radius 3 is 2.58 bits per heavy atom. The molecular formula is C19H18N2O4S. The fraction of sp³-hybridized carbons (Fsp3) is 0.211. The molecule has 1 aromatic heterocycles. The van der Waals surface area contributed by atoms with Crippen molar-refractivity contribution in [3.05, 3.63) is 54.1 Å². The van der Waals surface area contributed by atoms with Gasteiger partial charge in [0, 0.05) is 0 Å². The van der Waals surface area contributed by atoms with E-state index >= 15 is 0 Å². The van der Waals surface area contributed by atoms with Gasteiger partial charge in [-0.3, -0.25) is 4.79 Å². The minimum atomic E-state index is -0.0677. The largest absolute Gasteiger partial charge is 0.496 e. The van der Waals surface area contributed by atoms with Gasteiger partial charge in [-0.25, -0.2) is 0 Å². The Morgan fingerprint density at radius 1 is 1.08 bits per heavy atom. The lowest BCUT2D eigenvalue weighted by atomic mass is 10.1. The van der Waals surface area contributed by atoms with E-state index in [1.54, 1.807) is 25.3 Å².